The standard InChI is InChI=1S/C29H62P.HI/c1-5-9-13-17-21-25-29-30(26-22-18-14-10-6-2,27-23-19-15-11-7-3)28-24-20-16-12-8-4;/h5-29H2,1-4H3;1H/q+1;/p-1. The Morgan fingerprint density at radius 1 is 0.290 bits per heavy atom. The molecule has 190 valence electrons. The average molecular weight is 569 g/mol. The smallest absolute Gasteiger partial charge is 0.0594 e. The van der Waals surface area contributed by atoms with Gasteiger partial charge in [-0.25, -0.2) is 0 Å². The summed E-state index contributed by atoms with van der Waals surface area (Å²) < 4.78 is 0. The van der Waals surface area contributed by atoms with Gasteiger partial charge in [-0.05, 0) is 51.4 Å². The van der Waals surface area contributed by atoms with Crippen LogP contribution in [0.3, 0.4) is 0 Å². The molecule has 2 heteroatoms. The van der Waals surface area contributed by atoms with Gasteiger partial charge in [-0.2, -0.15) is 0 Å². The number of unbranched alkanes of at least 4 members (excludes halogenated alkanes) is 17. The average Bonchev–Trinajstić information content (AvgIpc) is 2.75. The SMILES string of the molecule is CCCCCCCC[P+](CCCCCCC)(CCCCCCC)CCCCCCC.[I-]. The van der Waals surface area contributed by atoms with Crippen LogP contribution in [0, 0.1) is 0 Å². The minimum atomic E-state index is -0.698. The largest absolute Gasteiger partial charge is 1.00 e. The van der Waals surface area contributed by atoms with Gasteiger partial charge in [0.1, 0.15) is 0 Å². The number of hydrogen-bond donors (Lipinski definition) is 0. The zero-order valence-electron chi connectivity index (χ0n) is 22.5. The molecule has 0 heterocycles. The molecule has 0 saturated carbocycles. The summed E-state index contributed by atoms with van der Waals surface area (Å²) in [6.07, 6.45) is 37.6. The molecule has 0 bridgehead atoms. The summed E-state index contributed by atoms with van der Waals surface area (Å²) >= 11 is 0. The van der Waals surface area contributed by atoms with Gasteiger partial charge in [0.05, 0.1) is 24.6 Å². The molecule has 0 aliphatic rings. The minimum Gasteiger partial charge on any atom is -1.00 e. The third kappa shape index (κ3) is 22.7. The Morgan fingerprint density at radius 2 is 0.484 bits per heavy atom. The molecule has 0 saturated heterocycles. The fourth-order valence-corrected chi connectivity index (χ4v) is 9.97. The molecule has 0 fully saturated rings. The van der Waals surface area contributed by atoms with Crippen LogP contribution >= 0.6 is 7.26 Å². The van der Waals surface area contributed by atoms with Gasteiger partial charge in [0.25, 0.3) is 0 Å². The number of halogens is 1. The van der Waals surface area contributed by atoms with Crippen molar-refractivity contribution in [2.24, 2.45) is 0 Å². The summed E-state index contributed by atoms with van der Waals surface area (Å²) in [6, 6.07) is 0. The molecule has 0 unspecified atom stereocenters. The zero-order valence-corrected chi connectivity index (χ0v) is 25.6. The van der Waals surface area contributed by atoms with E-state index in [0.29, 0.717) is 0 Å². The molecule has 31 heavy (non-hydrogen) atoms. The third-order valence-corrected chi connectivity index (χ3v) is 12.3. The Kier molecular flexibility index (Phi) is 30.3. The Morgan fingerprint density at radius 3 is 0.710 bits per heavy atom. The summed E-state index contributed by atoms with van der Waals surface area (Å²) in [4.78, 5) is 0. The first kappa shape index (κ1) is 34.3. The van der Waals surface area contributed by atoms with Gasteiger partial charge in [0.2, 0.25) is 0 Å². The lowest BCUT2D eigenvalue weighted by atomic mass is 10.1. The van der Waals surface area contributed by atoms with Crippen LogP contribution in [-0.4, -0.2) is 24.6 Å². The summed E-state index contributed by atoms with van der Waals surface area (Å²) in [5, 5.41) is 0. The lowest BCUT2D eigenvalue weighted by Crippen LogP contribution is -3.00. The Hall–Kier alpha value is 1.16. The van der Waals surface area contributed by atoms with Gasteiger partial charge in [0.15, 0.2) is 0 Å². The fourth-order valence-electron chi connectivity index (χ4n) is 5.05. The van der Waals surface area contributed by atoms with Crippen molar-refractivity contribution in [1.82, 2.24) is 0 Å². The van der Waals surface area contributed by atoms with Crippen LogP contribution in [0.2, 0.25) is 0 Å². The number of hydrogen-bond acceptors (Lipinski definition) is 0. The van der Waals surface area contributed by atoms with Crippen LogP contribution in [0.25, 0.3) is 0 Å². The molecule has 0 rings (SSSR count). The second kappa shape index (κ2) is 27.4. The molecule has 0 atom stereocenters. The predicted molar refractivity (Wildman–Crippen MR) is 146 cm³/mol. The first-order valence-corrected chi connectivity index (χ1v) is 17.1. The van der Waals surface area contributed by atoms with Gasteiger partial charge in [0, 0.05) is 7.26 Å². The van der Waals surface area contributed by atoms with Gasteiger partial charge >= 0.3 is 0 Å². The molecule has 0 aliphatic carbocycles. The summed E-state index contributed by atoms with van der Waals surface area (Å²) in [5.74, 6) is 0. The van der Waals surface area contributed by atoms with Crippen LogP contribution in [0.4, 0.5) is 0 Å². The van der Waals surface area contributed by atoms with Crippen molar-refractivity contribution in [1.29, 1.82) is 0 Å². The van der Waals surface area contributed by atoms with E-state index in [1.54, 1.807) is 50.3 Å². The molecule has 0 aliphatic heterocycles. The maximum atomic E-state index is 2.35. The lowest BCUT2D eigenvalue weighted by Gasteiger charge is -2.28. The molecule has 0 amide bonds. The van der Waals surface area contributed by atoms with E-state index in [1.807, 2.05) is 0 Å². The molecule has 0 radical (unpaired) electrons. The van der Waals surface area contributed by atoms with E-state index in [2.05, 4.69) is 27.7 Å². The lowest BCUT2D eigenvalue weighted by molar-refractivity contribution is -0.00000690. The highest BCUT2D eigenvalue weighted by atomic mass is 127. The van der Waals surface area contributed by atoms with Crippen LogP contribution in [0.15, 0.2) is 0 Å². The molecular formula is C29H62IP. The maximum absolute atomic E-state index is 2.35. The molecule has 0 aromatic carbocycles. The highest BCUT2D eigenvalue weighted by molar-refractivity contribution is 7.75. The summed E-state index contributed by atoms with van der Waals surface area (Å²) in [5.41, 5.74) is 0. The quantitative estimate of drug-likeness (QED) is 0.0591. The van der Waals surface area contributed by atoms with Crippen molar-refractivity contribution >= 4 is 7.26 Å². The Labute approximate surface area is 217 Å². The van der Waals surface area contributed by atoms with E-state index in [9.17, 15) is 0 Å². The summed E-state index contributed by atoms with van der Waals surface area (Å²) in [6.45, 7) is 9.39. The second-order valence-corrected chi connectivity index (χ2v) is 14.7. The van der Waals surface area contributed by atoms with Crippen molar-refractivity contribution < 1.29 is 24.0 Å². The van der Waals surface area contributed by atoms with Crippen molar-refractivity contribution in [2.45, 2.75) is 163 Å². The minimum absolute atomic E-state index is 0. The third-order valence-electron chi connectivity index (χ3n) is 7.19. The second-order valence-electron chi connectivity index (χ2n) is 10.2. The molecule has 0 spiro atoms. The summed E-state index contributed by atoms with van der Waals surface area (Å²) in [7, 11) is -0.698. The van der Waals surface area contributed by atoms with Crippen LogP contribution in [-0.2, 0) is 0 Å². The van der Waals surface area contributed by atoms with Gasteiger partial charge in [-0.3, -0.25) is 0 Å². The van der Waals surface area contributed by atoms with Gasteiger partial charge in [-0.1, -0.05) is 111 Å². The van der Waals surface area contributed by atoms with E-state index in [4.69, 9.17) is 0 Å². The highest BCUT2D eigenvalue weighted by Gasteiger charge is 2.34. The van der Waals surface area contributed by atoms with Gasteiger partial charge in [-0.15, -0.1) is 0 Å². The van der Waals surface area contributed by atoms with E-state index >= 15 is 0 Å². The van der Waals surface area contributed by atoms with Crippen LogP contribution in [0.1, 0.15) is 163 Å². The normalized spacial score (nSPS) is 11.6. The van der Waals surface area contributed by atoms with E-state index < -0.39 is 7.26 Å². The van der Waals surface area contributed by atoms with Crippen LogP contribution < -0.4 is 24.0 Å². The van der Waals surface area contributed by atoms with Crippen molar-refractivity contribution in [3.63, 3.8) is 0 Å². The highest BCUT2D eigenvalue weighted by Crippen LogP contribution is 2.61. The number of rotatable bonds is 25. The Balaban J connectivity index is 0. The maximum Gasteiger partial charge on any atom is 0.0594 e. The van der Waals surface area contributed by atoms with Gasteiger partial charge < -0.3 is 24.0 Å². The molecule has 0 N–H and O–H groups in total. The fraction of sp³-hybridized carbons (Fsp3) is 1.00. The van der Waals surface area contributed by atoms with Crippen molar-refractivity contribution in [3.05, 3.63) is 0 Å². The monoisotopic (exact) mass is 568 g/mol. The molecule has 0 nitrogen and oxygen atoms in total. The topological polar surface area (TPSA) is 0 Å². The molecule has 0 aromatic rings. The first-order valence-electron chi connectivity index (χ1n) is 14.6. The zero-order chi connectivity index (χ0) is 22.2. The van der Waals surface area contributed by atoms with E-state index in [0.717, 1.165) is 0 Å². The predicted octanol–water partition coefficient (Wildman–Crippen LogP) is 8.28. The molecule has 0 aromatic heterocycles. The first-order chi connectivity index (χ1) is 14.7. The Bertz CT molecular complexity index is 282. The van der Waals surface area contributed by atoms with E-state index in [-0.39, 0.29) is 24.0 Å². The van der Waals surface area contributed by atoms with Crippen molar-refractivity contribution in [3.8, 4) is 0 Å². The van der Waals surface area contributed by atoms with Crippen LogP contribution in [0.5, 0.6) is 0 Å². The van der Waals surface area contributed by atoms with E-state index in [1.165, 1.54) is 109 Å². The molecular weight excluding hydrogens is 506 g/mol. The van der Waals surface area contributed by atoms with Crippen molar-refractivity contribution in [2.75, 3.05) is 24.6 Å².